The Kier molecular flexibility index (Phi) is 5.20. The fourth-order valence-electron chi connectivity index (χ4n) is 1.20. The lowest BCUT2D eigenvalue weighted by Crippen LogP contribution is -2.30. The monoisotopic (exact) mass is 265 g/mol. The first kappa shape index (κ1) is 14.2. The summed E-state index contributed by atoms with van der Waals surface area (Å²) in [5.41, 5.74) is 1.73. The van der Waals surface area contributed by atoms with Crippen LogP contribution in [-0.4, -0.2) is 35.0 Å². The third-order valence-electron chi connectivity index (χ3n) is 1.80. The maximum absolute atomic E-state index is 11.8. The molecule has 3 nitrogen and oxygen atoms in total. The summed E-state index contributed by atoms with van der Waals surface area (Å²) in [5, 5.41) is 2.93. The molecule has 0 fully saturated rings. The summed E-state index contributed by atoms with van der Waals surface area (Å²) in [6.45, 7) is 3.04. The quantitative estimate of drug-likeness (QED) is 0.504. The molecule has 0 unspecified atom stereocenters. The summed E-state index contributed by atoms with van der Waals surface area (Å²) in [6, 6.07) is 1.85. The highest BCUT2D eigenvalue weighted by atomic mass is 32.2. The Balaban J connectivity index is 2.27. The zero-order valence-corrected chi connectivity index (χ0v) is 10.5. The third-order valence-corrected chi connectivity index (χ3v) is 2.65. The average molecular weight is 265 g/mol. The van der Waals surface area contributed by atoms with E-state index in [4.69, 9.17) is 0 Å². The van der Waals surface area contributed by atoms with Crippen LogP contribution in [-0.2, 0) is 0 Å². The first-order valence-corrected chi connectivity index (χ1v) is 6.08. The van der Waals surface area contributed by atoms with Crippen molar-refractivity contribution in [1.82, 2.24) is 15.3 Å². The van der Waals surface area contributed by atoms with Crippen molar-refractivity contribution in [3.8, 4) is 0 Å². The van der Waals surface area contributed by atoms with Crippen molar-refractivity contribution < 1.29 is 13.2 Å². The molecule has 0 aliphatic heterocycles. The number of aryl methyl sites for hydroxylation is 2. The molecule has 1 aromatic rings. The van der Waals surface area contributed by atoms with Crippen molar-refractivity contribution in [2.24, 2.45) is 0 Å². The molecule has 0 aliphatic carbocycles. The van der Waals surface area contributed by atoms with Crippen molar-refractivity contribution in [2.45, 2.75) is 25.2 Å². The van der Waals surface area contributed by atoms with Gasteiger partial charge in [-0.2, -0.15) is 13.2 Å². The summed E-state index contributed by atoms with van der Waals surface area (Å²) in [7, 11) is 0. The number of alkyl halides is 3. The predicted molar refractivity (Wildman–Crippen MR) is 61.2 cm³/mol. The van der Waals surface area contributed by atoms with Crippen LogP contribution in [0.25, 0.3) is 0 Å². The van der Waals surface area contributed by atoms with Gasteiger partial charge in [-0.1, -0.05) is 11.8 Å². The molecule has 1 aromatic heterocycles. The van der Waals surface area contributed by atoms with E-state index in [1.165, 1.54) is 11.8 Å². The van der Waals surface area contributed by atoms with E-state index in [1.54, 1.807) is 0 Å². The van der Waals surface area contributed by atoms with Crippen molar-refractivity contribution in [3.05, 3.63) is 17.5 Å². The van der Waals surface area contributed by atoms with E-state index < -0.39 is 12.7 Å². The Morgan fingerprint density at radius 1 is 1.24 bits per heavy atom. The van der Waals surface area contributed by atoms with E-state index in [0.29, 0.717) is 10.9 Å². The molecule has 0 saturated carbocycles. The molecule has 1 N–H and O–H groups in total. The van der Waals surface area contributed by atoms with Crippen molar-refractivity contribution in [1.29, 1.82) is 0 Å². The first-order chi connectivity index (χ1) is 7.87. The maximum atomic E-state index is 11.8. The van der Waals surface area contributed by atoms with E-state index >= 15 is 0 Å². The molecular formula is C10H14F3N3S. The summed E-state index contributed by atoms with van der Waals surface area (Å²) >= 11 is 1.35. The van der Waals surface area contributed by atoms with Crippen molar-refractivity contribution in [2.75, 3.05) is 18.8 Å². The van der Waals surface area contributed by atoms with Crippen LogP contribution in [0.3, 0.4) is 0 Å². The standard InChI is InChI=1S/C10H14F3N3S/c1-7-5-8(2)16-9(15-7)17-4-3-14-6-10(11,12)13/h5,14H,3-4,6H2,1-2H3. The molecule has 1 heterocycles. The Hall–Kier alpha value is -0.820. The van der Waals surface area contributed by atoms with Gasteiger partial charge in [0.2, 0.25) is 0 Å². The SMILES string of the molecule is Cc1cc(C)nc(SCCNCC(F)(F)F)n1. The second-order valence-corrected chi connectivity index (χ2v) is 4.64. The average Bonchev–Trinajstić information content (AvgIpc) is 2.13. The largest absolute Gasteiger partial charge is 0.401 e. The van der Waals surface area contributed by atoms with Gasteiger partial charge >= 0.3 is 6.18 Å². The fraction of sp³-hybridized carbons (Fsp3) is 0.600. The number of nitrogens with zero attached hydrogens (tertiary/aromatic N) is 2. The minimum atomic E-state index is -4.15. The minimum Gasteiger partial charge on any atom is -0.308 e. The lowest BCUT2D eigenvalue weighted by atomic mass is 10.4. The van der Waals surface area contributed by atoms with E-state index in [-0.39, 0.29) is 6.54 Å². The lowest BCUT2D eigenvalue weighted by molar-refractivity contribution is -0.124. The van der Waals surface area contributed by atoms with Crippen LogP contribution in [0.15, 0.2) is 11.2 Å². The van der Waals surface area contributed by atoms with E-state index in [2.05, 4.69) is 15.3 Å². The number of aromatic nitrogens is 2. The van der Waals surface area contributed by atoms with Gasteiger partial charge in [0, 0.05) is 23.7 Å². The Bertz CT molecular complexity index is 348. The molecule has 0 aliphatic rings. The fourth-order valence-corrected chi connectivity index (χ4v) is 2.05. The van der Waals surface area contributed by atoms with Crippen LogP contribution < -0.4 is 5.32 Å². The summed E-state index contributed by atoms with van der Waals surface area (Å²) in [6.07, 6.45) is -4.15. The molecular weight excluding hydrogens is 251 g/mol. The van der Waals surface area contributed by atoms with Crippen molar-refractivity contribution in [3.63, 3.8) is 0 Å². The predicted octanol–water partition coefficient (Wildman–Crippen LogP) is 2.34. The van der Waals surface area contributed by atoms with Crippen molar-refractivity contribution >= 4 is 11.8 Å². The number of rotatable bonds is 5. The first-order valence-electron chi connectivity index (χ1n) is 5.09. The van der Waals surface area contributed by atoms with E-state index in [9.17, 15) is 13.2 Å². The molecule has 7 heteroatoms. The highest BCUT2D eigenvalue weighted by Crippen LogP contribution is 2.14. The minimum absolute atomic E-state index is 0.278. The molecule has 0 atom stereocenters. The second kappa shape index (κ2) is 6.20. The second-order valence-electron chi connectivity index (χ2n) is 3.57. The normalized spacial score (nSPS) is 11.8. The zero-order chi connectivity index (χ0) is 12.9. The van der Waals surface area contributed by atoms with Crippen LogP contribution in [0.2, 0.25) is 0 Å². The molecule has 96 valence electrons. The van der Waals surface area contributed by atoms with Crippen LogP contribution in [0.4, 0.5) is 13.2 Å². The molecule has 0 bridgehead atoms. The van der Waals surface area contributed by atoms with Crippen LogP contribution in [0.1, 0.15) is 11.4 Å². The summed E-state index contributed by atoms with van der Waals surface area (Å²) in [5.74, 6) is 0.513. The van der Waals surface area contributed by atoms with Gasteiger partial charge in [0.1, 0.15) is 0 Å². The van der Waals surface area contributed by atoms with Gasteiger partial charge in [-0.3, -0.25) is 0 Å². The van der Waals surface area contributed by atoms with Gasteiger partial charge in [-0.05, 0) is 19.9 Å². The highest BCUT2D eigenvalue weighted by Gasteiger charge is 2.25. The van der Waals surface area contributed by atoms with Gasteiger partial charge in [0.25, 0.3) is 0 Å². The molecule has 17 heavy (non-hydrogen) atoms. The van der Waals surface area contributed by atoms with Crippen LogP contribution in [0.5, 0.6) is 0 Å². The number of thioether (sulfide) groups is 1. The van der Waals surface area contributed by atoms with Crippen LogP contribution >= 0.6 is 11.8 Å². The van der Waals surface area contributed by atoms with Gasteiger partial charge in [0.15, 0.2) is 5.16 Å². The Labute approximate surface area is 102 Å². The number of nitrogens with one attached hydrogen (secondary N) is 1. The topological polar surface area (TPSA) is 37.8 Å². The van der Waals surface area contributed by atoms with Gasteiger partial charge < -0.3 is 5.32 Å². The van der Waals surface area contributed by atoms with Gasteiger partial charge in [0.05, 0.1) is 6.54 Å². The maximum Gasteiger partial charge on any atom is 0.401 e. The lowest BCUT2D eigenvalue weighted by Gasteiger charge is -2.07. The zero-order valence-electron chi connectivity index (χ0n) is 9.64. The van der Waals surface area contributed by atoms with E-state index in [1.807, 2.05) is 19.9 Å². The van der Waals surface area contributed by atoms with Gasteiger partial charge in [-0.15, -0.1) is 0 Å². The summed E-state index contributed by atoms with van der Waals surface area (Å²) < 4.78 is 35.5. The smallest absolute Gasteiger partial charge is 0.308 e. The molecule has 0 radical (unpaired) electrons. The third kappa shape index (κ3) is 6.48. The van der Waals surface area contributed by atoms with Crippen LogP contribution in [0, 0.1) is 13.8 Å². The molecule has 0 spiro atoms. The molecule has 1 rings (SSSR count). The summed E-state index contributed by atoms with van der Waals surface area (Å²) in [4.78, 5) is 8.36. The number of halogens is 3. The Morgan fingerprint density at radius 2 is 1.82 bits per heavy atom. The number of hydrogen-bond donors (Lipinski definition) is 1. The van der Waals surface area contributed by atoms with E-state index in [0.717, 1.165) is 11.4 Å². The highest BCUT2D eigenvalue weighted by molar-refractivity contribution is 7.99. The number of hydrogen-bond acceptors (Lipinski definition) is 4. The molecule has 0 aromatic carbocycles. The Morgan fingerprint density at radius 3 is 2.35 bits per heavy atom. The molecule has 0 saturated heterocycles. The van der Waals surface area contributed by atoms with Gasteiger partial charge in [-0.25, -0.2) is 9.97 Å². The molecule has 0 amide bonds.